The van der Waals surface area contributed by atoms with E-state index in [4.69, 9.17) is 9.16 Å². The molecule has 0 spiro atoms. The van der Waals surface area contributed by atoms with Gasteiger partial charge >= 0.3 is 27.7 Å². The van der Waals surface area contributed by atoms with Crippen LogP contribution in [0.5, 0.6) is 0 Å². The van der Waals surface area contributed by atoms with Crippen molar-refractivity contribution in [1.82, 2.24) is 4.90 Å². The molecule has 0 aliphatic carbocycles. The van der Waals surface area contributed by atoms with E-state index in [1.165, 1.54) is 16.7 Å². The van der Waals surface area contributed by atoms with E-state index in [0.29, 0.717) is 12.6 Å². The Kier molecular flexibility index (Phi) is 9.58. The second kappa shape index (κ2) is 10.9. The van der Waals surface area contributed by atoms with Gasteiger partial charge in [0.2, 0.25) is 0 Å². The summed E-state index contributed by atoms with van der Waals surface area (Å²) in [6.07, 6.45) is 3.42. The Bertz CT molecular complexity index is 843. The first-order valence-corrected chi connectivity index (χ1v) is 13.7. The van der Waals surface area contributed by atoms with Gasteiger partial charge in [-0.1, -0.05) is 75.4 Å². The molecule has 1 saturated heterocycles. The maximum Gasteiger partial charge on any atom is 1.00 e. The fourth-order valence-corrected chi connectivity index (χ4v) is 5.14. The fourth-order valence-electron chi connectivity index (χ4n) is 4.20. The molecule has 0 N–H and O–H groups in total. The van der Waals surface area contributed by atoms with E-state index in [1.54, 1.807) is 0 Å². The molecule has 2 aliphatic heterocycles. The third-order valence-electron chi connectivity index (χ3n) is 6.98. The van der Waals surface area contributed by atoms with Crippen LogP contribution in [0.2, 0.25) is 18.1 Å². The van der Waals surface area contributed by atoms with Crippen molar-refractivity contribution in [2.24, 2.45) is 0 Å². The molecule has 164 valence electrons. The van der Waals surface area contributed by atoms with Gasteiger partial charge in [0, 0.05) is 19.1 Å². The van der Waals surface area contributed by atoms with Gasteiger partial charge in [0.25, 0.3) is 0 Å². The first-order valence-electron chi connectivity index (χ1n) is 10.8. The van der Waals surface area contributed by atoms with E-state index >= 15 is 0 Å². The normalized spacial score (nSPS) is 23.3. The molecule has 6 heteroatoms. The molecule has 31 heavy (non-hydrogen) atoms. The molecular formula is C25H34BrHgNO2Si. The maximum atomic E-state index is 6.49. The SMILES string of the molecule is CC(C)(C)[Si](C)(C)OC[CH][C@@H]1Cc2ccccc2C2OC[C@H](c3ccccc3)N21.[Br-].[Hg+]. The number of fused-ring (bicyclic) bond motifs is 3. The van der Waals surface area contributed by atoms with Crippen molar-refractivity contribution in [3.63, 3.8) is 0 Å². The molecule has 3 nitrogen and oxygen atoms in total. The van der Waals surface area contributed by atoms with Crippen LogP contribution in [0.3, 0.4) is 0 Å². The molecule has 1 fully saturated rings. The maximum absolute atomic E-state index is 6.49. The van der Waals surface area contributed by atoms with Crippen LogP contribution >= 0.6 is 0 Å². The number of hydrogen-bond acceptors (Lipinski definition) is 3. The zero-order valence-corrected chi connectivity index (χ0v) is 27.6. The molecule has 2 radical (unpaired) electrons. The molecule has 2 aromatic carbocycles. The standard InChI is InChI=1S/C25H34NO2Si.BrH.Hg/c1-25(2,3)29(4,5)28-16-15-21-17-20-13-9-10-14-22(20)24-26(21)23(18-27-24)19-11-7-6-8-12-19;;/h6-15,21,23-24H,16-18H2,1-5H3;1H;/q;;+1/p-1/t21-,23-,24?;;/m1../s1. The van der Waals surface area contributed by atoms with Crippen molar-refractivity contribution in [1.29, 1.82) is 0 Å². The third-order valence-corrected chi connectivity index (χ3v) is 11.5. The summed E-state index contributed by atoms with van der Waals surface area (Å²) in [5, 5.41) is 0.228. The molecule has 0 bridgehead atoms. The van der Waals surface area contributed by atoms with Gasteiger partial charge in [0.15, 0.2) is 8.32 Å². The quantitative estimate of drug-likeness (QED) is 0.452. The summed E-state index contributed by atoms with van der Waals surface area (Å²) in [7, 11) is -1.76. The second-order valence-corrected chi connectivity index (χ2v) is 14.6. The van der Waals surface area contributed by atoms with Gasteiger partial charge < -0.3 is 26.1 Å². The Morgan fingerprint density at radius 2 is 1.71 bits per heavy atom. The number of halogens is 1. The van der Waals surface area contributed by atoms with Crippen molar-refractivity contribution in [3.05, 3.63) is 77.7 Å². The van der Waals surface area contributed by atoms with E-state index in [-0.39, 0.29) is 62.0 Å². The average molecular weight is 689 g/mol. The van der Waals surface area contributed by atoms with Crippen molar-refractivity contribution in [2.45, 2.75) is 63.6 Å². The third kappa shape index (κ3) is 5.72. The number of nitrogens with zero attached hydrogens (tertiary/aromatic N) is 1. The molecule has 0 saturated carbocycles. The van der Waals surface area contributed by atoms with Crippen LogP contribution in [-0.2, 0) is 43.3 Å². The predicted octanol–water partition coefficient (Wildman–Crippen LogP) is 2.91. The van der Waals surface area contributed by atoms with E-state index in [9.17, 15) is 0 Å². The Morgan fingerprint density at radius 1 is 1.06 bits per heavy atom. The monoisotopic (exact) mass is 689 g/mol. The van der Waals surface area contributed by atoms with Crippen molar-refractivity contribution < 1.29 is 53.8 Å². The zero-order valence-electron chi connectivity index (χ0n) is 19.5. The molecule has 1 unspecified atom stereocenters. The van der Waals surface area contributed by atoms with Crippen LogP contribution in [0.25, 0.3) is 0 Å². The predicted molar refractivity (Wildman–Crippen MR) is 121 cm³/mol. The van der Waals surface area contributed by atoms with Crippen LogP contribution in [0, 0.1) is 6.42 Å². The van der Waals surface area contributed by atoms with Crippen LogP contribution in [0.1, 0.15) is 49.7 Å². The Hall–Kier alpha value is -0.0481. The molecule has 2 aliphatic rings. The average Bonchev–Trinajstić information content (AvgIpc) is 3.13. The number of hydrogen-bond donors (Lipinski definition) is 0. The van der Waals surface area contributed by atoms with Gasteiger partial charge in [0.05, 0.1) is 12.6 Å². The van der Waals surface area contributed by atoms with Crippen LogP contribution in [-0.4, -0.2) is 32.5 Å². The van der Waals surface area contributed by atoms with Gasteiger partial charge in [-0.05, 0) is 41.2 Å². The second-order valence-electron chi connectivity index (χ2n) is 9.84. The number of ether oxygens (including phenoxy) is 1. The van der Waals surface area contributed by atoms with Crippen molar-refractivity contribution >= 4 is 8.32 Å². The van der Waals surface area contributed by atoms with Crippen molar-refractivity contribution in [3.8, 4) is 0 Å². The Morgan fingerprint density at radius 3 is 2.39 bits per heavy atom. The summed E-state index contributed by atoms with van der Waals surface area (Å²) in [5.74, 6) is 0. The minimum Gasteiger partial charge on any atom is -1.00 e. The molecule has 4 rings (SSSR count). The van der Waals surface area contributed by atoms with E-state index < -0.39 is 8.32 Å². The first kappa shape index (κ1) is 27.2. The van der Waals surface area contributed by atoms with Crippen molar-refractivity contribution in [2.75, 3.05) is 13.2 Å². The summed E-state index contributed by atoms with van der Waals surface area (Å²) >= 11 is 0. The molecular weight excluding hydrogens is 655 g/mol. The van der Waals surface area contributed by atoms with Gasteiger partial charge in [-0.2, -0.15) is 0 Å². The molecule has 2 heterocycles. The Labute approximate surface area is 220 Å². The summed E-state index contributed by atoms with van der Waals surface area (Å²) < 4.78 is 12.8. The molecule has 2 aromatic rings. The van der Waals surface area contributed by atoms with Gasteiger partial charge in [-0.15, -0.1) is 0 Å². The van der Waals surface area contributed by atoms with E-state index in [1.807, 2.05) is 0 Å². The van der Waals surface area contributed by atoms with Crippen LogP contribution < -0.4 is 17.0 Å². The Balaban J connectivity index is 0.00000171. The van der Waals surface area contributed by atoms with Gasteiger partial charge in [-0.3, -0.25) is 4.90 Å². The van der Waals surface area contributed by atoms with Gasteiger partial charge in [0.1, 0.15) is 6.23 Å². The van der Waals surface area contributed by atoms with Crippen LogP contribution in [0.4, 0.5) is 0 Å². The largest absolute Gasteiger partial charge is 1.00 e. The molecule has 0 aromatic heterocycles. The summed E-state index contributed by atoms with van der Waals surface area (Å²) in [6.45, 7) is 13.0. The number of benzene rings is 2. The van der Waals surface area contributed by atoms with Crippen LogP contribution in [0.15, 0.2) is 54.6 Å². The molecule has 3 atom stereocenters. The minimum absolute atomic E-state index is 0. The minimum atomic E-state index is -1.76. The fraction of sp³-hybridized carbons (Fsp3) is 0.480. The number of rotatable bonds is 5. The smallest absolute Gasteiger partial charge is 1.00 e. The van der Waals surface area contributed by atoms with Gasteiger partial charge in [-0.25, -0.2) is 0 Å². The van der Waals surface area contributed by atoms with E-state index in [0.717, 1.165) is 13.0 Å². The zero-order chi connectivity index (χ0) is 20.6. The topological polar surface area (TPSA) is 21.7 Å². The molecule has 0 amide bonds. The summed E-state index contributed by atoms with van der Waals surface area (Å²) in [6, 6.07) is 20.1. The van der Waals surface area contributed by atoms with E-state index in [2.05, 4.69) is 99.8 Å². The summed E-state index contributed by atoms with van der Waals surface area (Å²) in [4.78, 5) is 2.56. The first-order chi connectivity index (χ1) is 13.8. The summed E-state index contributed by atoms with van der Waals surface area (Å²) in [5.41, 5.74) is 4.05.